The fourth-order valence-corrected chi connectivity index (χ4v) is 2.52. The monoisotopic (exact) mass is 255 g/mol. The summed E-state index contributed by atoms with van der Waals surface area (Å²) in [4.78, 5) is 22.9. The Hall–Kier alpha value is -1.26. The summed E-state index contributed by atoms with van der Waals surface area (Å²) in [7, 11) is 0. The van der Waals surface area contributed by atoms with E-state index in [1.54, 1.807) is 20.8 Å². The van der Waals surface area contributed by atoms with Gasteiger partial charge in [0.1, 0.15) is 5.60 Å². The maximum Gasteiger partial charge on any atom is 0.407 e. The minimum Gasteiger partial charge on any atom is -0.481 e. The van der Waals surface area contributed by atoms with Gasteiger partial charge in [0, 0.05) is 6.54 Å². The van der Waals surface area contributed by atoms with Crippen LogP contribution in [0.4, 0.5) is 4.79 Å². The van der Waals surface area contributed by atoms with Crippen molar-refractivity contribution in [3.05, 3.63) is 0 Å². The Morgan fingerprint density at radius 3 is 2.44 bits per heavy atom. The van der Waals surface area contributed by atoms with E-state index < -0.39 is 23.1 Å². The SMILES string of the molecule is CC(C)(C)OC(=O)NCC1(C(=O)O)CC1C1CC1. The van der Waals surface area contributed by atoms with Crippen LogP contribution in [0, 0.1) is 17.3 Å². The first-order valence-corrected chi connectivity index (χ1v) is 6.45. The normalized spacial score (nSPS) is 30.7. The van der Waals surface area contributed by atoms with E-state index >= 15 is 0 Å². The molecule has 2 fully saturated rings. The van der Waals surface area contributed by atoms with Gasteiger partial charge < -0.3 is 15.2 Å². The molecule has 0 spiro atoms. The van der Waals surface area contributed by atoms with Gasteiger partial charge in [-0.3, -0.25) is 4.79 Å². The maximum absolute atomic E-state index is 11.5. The number of carbonyl (C=O) groups excluding carboxylic acids is 1. The Morgan fingerprint density at radius 1 is 1.39 bits per heavy atom. The van der Waals surface area contributed by atoms with Gasteiger partial charge in [0.25, 0.3) is 0 Å². The first-order valence-electron chi connectivity index (χ1n) is 6.45. The van der Waals surface area contributed by atoms with Gasteiger partial charge in [-0.05, 0) is 51.9 Å². The number of nitrogens with one attached hydrogen (secondary N) is 1. The first-order chi connectivity index (χ1) is 8.24. The molecule has 2 aliphatic carbocycles. The van der Waals surface area contributed by atoms with Crippen molar-refractivity contribution in [3.63, 3.8) is 0 Å². The lowest BCUT2D eigenvalue weighted by Gasteiger charge is -2.21. The summed E-state index contributed by atoms with van der Waals surface area (Å²) in [5, 5.41) is 11.9. The topological polar surface area (TPSA) is 75.6 Å². The molecule has 1 amide bonds. The zero-order valence-electron chi connectivity index (χ0n) is 11.2. The fourth-order valence-electron chi connectivity index (χ4n) is 2.52. The highest BCUT2D eigenvalue weighted by Crippen LogP contribution is 2.62. The summed E-state index contributed by atoms with van der Waals surface area (Å²) in [6.07, 6.45) is 2.41. The van der Waals surface area contributed by atoms with E-state index in [0.29, 0.717) is 12.3 Å². The number of aliphatic carboxylic acids is 1. The van der Waals surface area contributed by atoms with E-state index in [1.807, 2.05) is 0 Å². The van der Waals surface area contributed by atoms with E-state index in [0.717, 1.165) is 12.8 Å². The third kappa shape index (κ3) is 2.76. The molecule has 0 aromatic heterocycles. The molecule has 0 aliphatic heterocycles. The van der Waals surface area contributed by atoms with E-state index in [1.165, 1.54) is 0 Å². The number of rotatable bonds is 4. The number of amides is 1. The van der Waals surface area contributed by atoms with Crippen molar-refractivity contribution >= 4 is 12.1 Å². The van der Waals surface area contributed by atoms with Crippen LogP contribution in [-0.2, 0) is 9.53 Å². The molecule has 2 N–H and O–H groups in total. The van der Waals surface area contributed by atoms with Crippen LogP contribution < -0.4 is 5.32 Å². The Kier molecular flexibility index (Phi) is 3.03. The molecular formula is C13H21NO4. The number of alkyl carbamates (subject to hydrolysis) is 1. The van der Waals surface area contributed by atoms with Crippen molar-refractivity contribution < 1.29 is 19.4 Å². The summed E-state index contributed by atoms with van der Waals surface area (Å²) in [5.74, 6) is 0.00179. The van der Waals surface area contributed by atoms with Crippen molar-refractivity contribution in [3.8, 4) is 0 Å². The maximum atomic E-state index is 11.5. The highest BCUT2D eigenvalue weighted by Gasteiger charge is 2.64. The smallest absolute Gasteiger partial charge is 0.407 e. The molecule has 5 heteroatoms. The van der Waals surface area contributed by atoms with E-state index in [4.69, 9.17) is 4.74 Å². The average Bonchev–Trinajstić information content (AvgIpc) is 3.06. The lowest BCUT2D eigenvalue weighted by atomic mass is 10.0. The quantitative estimate of drug-likeness (QED) is 0.805. The van der Waals surface area contributed by atoms with Gasteiger partial charge in [0.2, 0.25) is 0 Å². The van der Waals surface area contributed by atoms with Gasteiger partial charge in [0.15, 0.2) is 0 Å². The van der Waals surface area contributed by atoms with Crippen LogP contribution in [0.3, 0.4) is 0 Å². The molecule has 2 rings (SSSR count). The van der Waals surface area contributed by atoms with Gasteiger partial charge in [-0.25, -0.2) is 4.79 Å². The molecule has 2 aliphatic rings. The van der Waals surface area contributed by atoms with Gasteiger partial charge in [-0.2, -0.15) is 0 Å². The highest BCUT2D eigenvalue weighted by molar-refractivity contribution is 5.80. The molecule has 0 heterocycles. The number of carbonyl (C=O) groups is 2. The summed E-state index contributed by atoms with van der Waals surface area (Å²) < 4.78 is 5.11. The van der Waals surface area contributed by atoms with Crippen molar-refractivity contribution in [2.45, 2.75) is 45.6 Å². The van der Waals surface area contributed by atoms with Crippen molar-refractivity contribution in [2.24, 2.45) is 17.3 Å². The molecule has 0 aromatic carbocycles. The molecule has 0 radical (unpaired) electrons. The molecular weight excluding hydrogens is 234 g/mol. The van der Waals surface area contributed by atoms with Crippen LogP contribution in [-0.4, -0.2) is 29.3 Å². The molecule has 2 unspecified atom stereocenters. The first kappa shape index (κ1) is 13.2. The lowest BCUT2D eigenvalue weighted by molar-refractivity contribution is -0.143. The summed E-state index contributed by atoms with van der Waals surface area (Å²) in [5.41, 5.74) is -1.29. The summed E-state index contributed by atoms with van der Waals surface area (Å²) in [6, 6.07) is 0. The predicted octanol–water partition coefficient (Wildman–Crippen LogP) is 2.01. The summed E-state index contributed by atoms with van der Waals surface area (Å²) >= 11 is 0. The highest BCUT2D eigenvalue weighted by atomic mass is 16.6. The van der Waals surface area contributed by atoms with Gasteiger partial charge in [0.05, 0.1) is 5.41 Å². The second-order valence-corrected chi connectivity index (χ2v) is 6.46. The van der Waals surface area contributed by atoms with Gasteiger partial charge in [-0.1, -0.05) is 0 Å². The number of hydrogen-bond acceptors (Lipinski definition) is 3. The molecule has 0 bridgehead atoms. The third-order valence-electron chi connectivity index (χ3n) is 3.70. The number of hydrogen-bond donors (Lipinski definition) is 2. The average molecular weight is 255 g/mol. The standard InChI is InChI=1S/C13H21NO4/c1-12(2,3)18-11(17)14-7-13(10(15)16)6-9(13)8-4-5-8/h8-9H,4-7H2,1-3H3,(H,14,17)(H,15,16). The Bertz CT molecular complexity index is 370. The molecule has 0 aromatic rings. The van der Waals surface area contributed by atoms with E-state index in [2.05, 4.69) is 5.32 Å². The number of ether oxygens (including phenoxy) is 1. The van der Waals surface area contributed by atoms with Crippen molar-refractivity contribution in [2.75, 3.05) is 6.54 Å². The molecule has 2 saturated carbocycles. The zero-order chi connectivity index (χ0) is 13.6. The van der Waals surface area contributed by atoms with Crippen LogP contribution in [0.2, 0.25) is 0 Å². The molecule has 5 nitrogen and oxygen atoms in total. The van der Waals surface area contributed by atoms with Gasteiger partial charge in [-0.15, -0.1) is 0 Å². The van der Waals surface area contributed by atoms with Crippen LogP contribution in [0.5, 0.6) is 0 Å². The minimum absolute atomic E-state index is 0.179. The predicted molar refractivity (Wildman–Crippen MR) is 65.1 cm³/mol. The summed E-state index contributed by atoms with van der Waals surface area (Å²) in [6.45, 7) is 5.52. The zero-order valence-corrected chi connectivity index (χ0v) is 11.2. The largest absolute Gasteiger partial charge is 0.481 e. The van der Waals surface area contributed by atoms with Crippen molar-refractivity contribution in [1.82, 2.24) is 5.32 Å². The van der Waals surface area contributed by atoms with Crippen LogP contribution in [0.1, 0.15) is 40.0 Å². The Balaban J connectivity index is 1.84. The molecule has 0 saturated heterocycles. The second kappa shape index (κ2) is 4.14. The molecule has 102 valence electrons. The Labute approximate surface area is 107 Å². The van der Waals surface area contributed by atoms with Gasteiger partial charge >= 0.3 is 12.1 Å². The van der Waals surface area contributed by atoms with E-state index in [9.17, 15) is 14.7 Å². The van der Waals surface area contributed by atoms with Crippen LogP contribution in [0.15, 0.2) is 0 Å². The minimum atomic E-state index is -0.796. The number of carboxylic acid groups (broad SMARTS) is 1. The third-order valence-corrected chi connectivity index (χ3v) is 3.70. The van der Waals surface area contributed by atoms with E-state index in [-0.39, 0.29) is 12.5 Å². The Morgan fingerprint density at radius 2 is 2.00 bits per heavy atom. The lowest BCUT2D eigenvalue weighted by Crippen LogP contribution is -2.39. The molecule has 18 heavy (non-hydrogen) atoms. The van der Waals surface area contributed by atoms with Crippen LogP contribution in [0.25, 0.3) is 0 Å². The second-order valence-electron chi connectivity index (χ2n) is 6.46. The fraction of sp³-hybridized carbons (Fsp3) is 0.846. The van der Waals surface area contributed by atoms with Crippen molar-refractivity contribution in [1.29, 1.82) is 0 Å². The van der Waals surface area contributed by atoms with Crippen LogP contribution >= 0.6 is 0 Å². The molecule has 2 atom stereocenters. The number of carboxylic acids is 1.